The summed E-state index contributed by atoms with van der Waals surface area (Å²) in [5.74, 6) is -0.788. The van der Waals surface area contributed by atoms with Crippen molar-refractivity contribution in [1.29, 1.82) is 0 Å². The molecule has 0 fully saturated rings. The highest BCUT2D eigenvalue weighted by atomic mass is 19.1. The third-order valence-corrected chi connectivity index (χ3v) is 3.85. The van der Waals surface area contributed by atoms with Crippen LogP contribution in [-0.2, 0) is 6.42 Å². The molecule has 1 aromatic heterocycles. The van der Waals surface area contributed by atoms with Gasteiger partial charge < -0.3 is 9.88 Å². The van der Waals surface area contributed by atoms with Crippen LogP contribution in [0.2, 0.25) is 0 Å². The van der Waals surface area contributed by atoms with Crippen molar-refractivity contribution in [3.8, 4) is 5.69 Å². The molecule has 8 heteroatoms. The Morgan fingerprint density at radius 2 is 2.08 bits per heavy atom. The summed E-state index contributed by atoms with van der Waals surface area (Å²) in [6.45, 7) is 0.219. The lowest BCUT2D eigenvalue weighted by Gasteiger charge is -2.08. The number of carbonyl (C=O) groups is 1. The molecule has 2 aromatic carbocycles. The summed E-state index contributed by atoms with van der Waals surface area (Å²) in [5.41, 5.74) is 0.767. The van der Waals surface area contributed by atoms with Crippen LogP contribution in [0, 0.1) is 15.9 Å². The Balaban J connectivity index is 1.72. The van der Waals surface area contributed by atoms with Gasteiger partial charge in [0, 0.05) is 30.6 Å². The average Bonchev–Trinajstić information content (AvgIpc) is 3.17. The van der Waals surface area contributed by atoms with E-state index in [9.17, 15) is 19.3 Å². The zero-order chi connectivity index (χ0) is 18.5. The van der Waals surface area contributed by atoms with Gasteiger partial charge in [0.1, 0.15) is 11.5 Å². The monoisotopic (exact) mass is 354 g/mol. The molecule has 1 amide bonds. The first kappa shape index (κ1) is 17.3. The molecule has 26 heavy (non-hydrogen) atoms. The van der Waals surface area contributed by atoms with Crippen molar-refractivity contribution < 1.29 is 14.1 Å². The summed E-state index contributed by atoms with van der Waals surface area (Å²) in [5, 5.41) is 14.0. The van der Waals surface area contributed by atoms with E-state index >= 15 is 0 Å². The van der Waals surface area contributed by atoms with Gasteiger partial charge in [-0.2, -0.15) is 0 Å². The maximum absolute atomic E-state index is 13.6. The highest BCUT2D eigenvalue weighted by Crippen LogP contribution is 2.24. The molecule has 0 unspecified atom stereocenters. The van der Waals surface area contributed by atoms with E-state index in [2.05, 4.69) is 10.3 Å². The minimum Gasteiger partial charge on any atom is -0.352 e. The van der Waals surface area contributed by atoms with E-state index in [4.69, 9.17) is 0 Å². The molecule has 0 aliphatic heterocycles. The number of nitrogens with one attached hydrogen (secondary N) is 1. The van der Waals surface area contributed by atoms with Gasteiger partial charge in [0.15, 0.2) is 0 Å². The topological polar surface area (TPSA) is 90.1 Å². The number of nitrogens with zero attached hydrogens (tertiary/aromatic N) is 3. The highest BCUT2D eigenvalue weighted by Gasteiger charge is 2.18. The summed E-state index contributed by atoms with van der Waals surface area (Å²) in [6.07, 6.45) is 4.85. The molecule has 0 saturated heterocycles. The summed E-state index contributed by atoms with van der Waals surface area (Å²) in [7, 11) is 0. The maximum Gasteiger partial charge on any atom is 0.294 e. The molecule has 0 spiro atoms. The van der Waals surface area contributed by atoms with Gasteiger partial charge >= 0.3 is 0 Å². The maximum atomic E-state index is 13.6. The molecular weight excluding hydrogens is 339 g/mol. The predicted octanol–water partition coefficient (Wildman–Crippen LogP) is 2.89. The van der Waals surface area contributed by atoms with E-state index in [1.807, 2.05) is 0 Å². The molecule has 7 nitrogen and oxygen atoms in total. The molecule has 3 rings (SSSR count). The number of halogens is 1. The third-order valence-electron chi connectivity index (χ3n) is 3.85. The number of nitro benzene ring substituents is 1. The fourth-order valence-corrected chi connectivity index (χ4v) is 2.54. The van der Waals surface area contributed by atoms with Gasteiger partial charge in [0.2, 0.25) is 0 Å². The van der Waals surface area contributed by atoms with E-state index in [1.165, 1.54) is 41.4 Å². The molecule has 3 aromatic rings. The Morgan fingerprint density at radius 3 is 2.77 bits per heavy atom. The van der Waals surface area contributed by atoms with Crippen molar-refractivity contribution in [2.24, 2.45) is 0 Å². The molecule has 1 heterocycles. The Labute approximate surface area is 148 Å². The molecule has 0 radical (unpaired) electrons. The first-order chi connectivity index (χ1) is 12.6. The molecule has 0 aliphatic carbocycles. The second-order valence-corrected chi connectivity index (χ2v) is 5.53. The van der Waals surface area contributed by atoms with Crippen LogP contribution >= 0.6 is 0 Å². The van der Waals surface area contributed by atoms with E-state index in [0.29, 0.717) is 17.7 Å². The molecule has 132 valence electrons. The van der Waals surface area contributed by atoms with Crippen LogP contribution in [0.4, 0.5) is 10.1 Å². The predicted molar refractivity (Wildman–Crippen MR) is 92.7 cm³/mol. The van der Waals surface area contributed by atoms with Crippen LogP contribution in [0.1, 0.15) is 15.9 Å². The first-order valence-electron chi connectivity index (χ1n) is 7.84. The molecule has 0 saturated carbocycles. The lowest BCUT2D eigenvalue weighted by atomic mass is 10.1. The quantitative estimate of drug-likeness (QED) is 0.544. The summed E-state index contributed by atoms with van der Waals surface area (Å²) >= 11 is 0. The van der Waals surface area contributed by atoms with Gasteiger partial charge in [0.25, 0.3) is 11.6 Å². The van der Waals surface area contributed by atoms with E-state index in [0.717, 1.165) is 0 Å². The van der Waals surface area contributed by atoms with Crippen molar-refractivity contribution in [3.63, 3.8) is 0 Å². The SMILES string of the molecule is O=C(NCCc1ccccc1F)c1ccc(-n2ccnc2)c([N+](=O)[O-])c1. The van der Waals surface area contributed by atoms with Gasteiger partial charge in [0.05, 0.1) is 11.3 Å². The number of amides is 1. The average molecular weight is 354 g/mol. The van der Waals surface area contributed by atoms with E-state index in [-0.39, 0.29) is 23.6 Å². The number of hydrogen-bond acceptors (Lipinski definition) is 4. The number of rotatable bonds is 6. The van der Waals surface area contributed by atoms with Crippen LogP contribution < -0.4 is 5.32 Å². The fourth-order valence-electron chi connectivity index (χ4n) is 2.54. The summed E-state index contributed by atoms with van der Waals surface area (Å²) in [6, 6.07) is 10.5. The summed E-state index contributed by atoms with van der Waals surface area (Å²) in [4.78, 5) is 26.9. The standard InChI is InChI=1S/C18H15FN4O3/c19-15-4-2-1-3-13(15)7-8-21-18(24)14-5-6-16(17(11-14)23(25)26)22-10-9-20-12-22/h1-6,9-12H,7-8H2,(H,21,24). The van der Waals surface area contributed by atoms with Crippen molar-refractivity contribution in [2.75, 3.05) is 6.54 Å². The largest absolute Gasteiger partial charge is 0.352 e. The van der Waals surface area contributed by atoms with Crippen molar-refractivity contribution in [1.82, 2.24) is 14.9 Å². The van der Waals surface area contributed by atoms with Crippen LogP contribution in [-0.4, -0.2) is 26.9 Å². The number of benzene rings is 2. The number of nitro groups is 1. The number of imidazole rings is 1. The van der Waals surface area contributed by atoms with Crippen molar-refractivity contribution in [2.45, 2.75) is 6.42 Å². The van der Waals surface area contributed by atoms with Gasteiger partial charge in [-0.1, -0.05) is 18.2 Å². The lowest BCUT2D eigenvalue weighted by Crippen LogP contribution is -2.26. The van der Waals surface area contributed by atoms with E-state index in [1.54, 1.807) is 24.4 Å². The summed E-state index contributed by atoms with van der Waals surface area (Å²) < 4.78 is 15.1. The first-order valence-corrected chi connectivity index (χ1v) is 7.84. The zero-order valence-corrected chi connectivity index (χ0v) is 13.6. The smallest absolute Gasteiger partial charge is 0.294 e. The zero-order valence-electron chi connectivity index (χ0n) is 13.6. The van der Waals surface area contributed by atoms with Crippen molar-refractivity contribution >= 4 is 11.6 Å². The van der Waals surface area contributed by atoms with Crippen LogP contribution in [0.25, 0.3) is 5.69 Å². The second kappa shape index (κ2) is 7.56. The lowest BCUT2D eigenvalue weighted by molar-refractivity contribution is -0.384. The van der Waals surface area contributed by atoms with Crippen LogP contribution in [0.15, 0.2) is 61.2 Å². The minimum absolute atomic E-state index is 0.161. The van der Waals surface area contributed by atoms with Crippen LogP contribution in [0.5, 0.6) is 0 Å². The second-order valence-electron chi connectivity index (χ2n) is 5.53. The molecule has 0 aliphatic rings. The molecular formula is C18H15FN4O3. The van der Waals surface area contributed by atoms with Crippen LogP contribution in [0.3, 0.4) is 0 Å². The Bertz CT molecular complexity index is 941. The van der Waals surface area contributed by atoms with Crippen molar-refractivity contribution in [3.05, 3.63) is 88.2 Å². The van der Waals surface area contributed by atoms with Gasteiger partial charge in [-0.3, -0.25) is 14.9 Å². The Morgan fingerprint density at radius 1 is 1.27 bits per heavy atom. The minimum atomic E-state index is -0.550. The molecule has 0 bridgehead atoms. The van der Waals surface area contributed by atoms with Gasteiger partial charge in [-0.05, 0) is 30.2 Å². The van der Waals surface area contributed by atoms with E-state index < -0.39 is 10.8 Å². The highest BCUT2D eigenvalue weighted by molar-refractivity contribution is 5.95. The molecule has 0 atom stereocenters. The third kappa shape index (κ3) is 3.75. The normalized spacial score (nSPS) is 10.5. The Kier molecular flexibility index (Phi) is 5.02. The number of carbonyl (C=O) groups excluding carboxylic acids is 1. The van der Waals surface area contributed by atoms with Gasteiger partial charge in [-0.25, -0.2) is 9.37 Å². The van der Waals surface area contributed by atoms with Gasteiger partial charge in [-0.15, -0.1) is 0 Å². The number of hydrogen-bond donors (Lipinski definition) is 1. The Hall–Kier alpha value is -3.55. The fraction of sp³-hybridized carbons (Fsp3) is 0.111. The number of aromatic nitrogens is 2. The molecule has 1 N–H and O–H groups in total.